The topological polar surface area (TPSA) is 130 Å². The molecule has 0 fully saturated rings. The number of thioether (sulfide) groups is 1. The van der Waals surface area contributed by atoms with E-state index in [1.807, 2.05) is 0 Å². The number of aromatic nitrogens is 2. The normalized spacial score (nSPS) is 12.2. The minimum atomic E-state index is -0.471. The van der Waals surface area contributed by atoms with Crippen LogP contribution >= 0.6 is 11.8 Å². The molecule has 1 atom stereocenters. The largest absolute Gasteiger partial charge is 0.861 e. The molecular weight excluding hydrogens is 440 g/mol. The molecule has 0 radical (unpaired) electrons. The van der Waals surface area contributed by atoms with Gasteiger partial charge in [-0.3, -0.25) is 14.1 Å². The van der Waals surface area contributed by atoms with Gasteiger partial charge in [-0.05, 0) is 29.5 Å². The average molecular weight is 467 g/mol. The molecule has 1 amide bonds. The van der Waals surface area contributed by atoms with Crippen molar-refractivity contribution in [3.05, 3.63) is 23.9 Å². The highest BCUT2D eigenvalue weighted by Gasteiger charge is 2.25. The number of aliphatic imine (C=N–C) groups is 1. The van der Waals surface area contributed by atoms with Crippen LogP contribution in [0.4, 0.5) is 5.88 Å². The van der Waals surface area contributed by atoms with E-state index in [2.05, 4.69) is 10.3 Å². The van der Waals surface area contributed by atoms with Crippen molar-refractivity contribution in [1.29, 1.82) is 0 Å². The second-order valence-electron chi connectivity index (χ2n) is 6.74. The summed E-state index contributed by atoms with van der Waals surface area (Å²) in [5, 5.41) is 17.0. The summed E-state index contributed by atoms with van der Waals surface area (Å²) in [6.45, 7) is 3.10. The first-order chi connectivity index (χ1) is 15.2. The molecular formula is C20H26N4O7S. The van der Waals surface area contributed by atoms with E-state index in [-0.39, 0.29) is 23.3 Å². The highest BCUT2D eigenvalue weighted by molar-refractivity contribution is 8.13. The second kappa shape index (κ2) is 11.4. The third-order valence-corrected chi connectivity index (χ3v) is 5.44. The molecule has 2 aromatic rings. The summed E-state index contributed by atoms with van der Waals surface area (Å²) in [5.74, 6) is 0.321. The summed E-state index contributed by atoms with van der Waals surface area (Å²) in [4.78, 5) is 28.8. The summed E-state index contributed by atoms with van der Waals surface area (Å²) in [6, 6.07) is 3.36. The van der Waals surface area contributed by atoms with Gasteiger partial charge in [0.2, 0.25) is 11.0 Å². The van der Waals surface area contributed by atoms with Gasteiger partial charge in [0.15, 0.2) is 16.6 Å². The van der Waals surface area contributed by atoms with Crippen molar-refractivity contribution in [2.75, 3.05) is 39.1 Å². The van der Waals surface area contributed by atoms with E-state index in [1.165, 1.54) is 46.5 Å². The van der Waals surface area contributed by atoms with E-state index in [0.717, 1.165) is 16.6 Å². The minimum Gasteiger partial charge on any atom is -0.861 e. The van der Waals surface area contributed by atoms with Crippen molar-refractivity contribution in [3.8, 4) is 17.2 Å². The Kier molecular flexibility index (Phi) is 8.88. The van der Waals surface area contributed by atoms with Crippen molar-refractivity contribution in [3.63, 3.8) is 0 Å². The molecule has 0 aliphatic carbocycles. The van der Waals surface area contributed by atoms with Crippen LogP contribution in [0.25, 0.3) is 0 Å². The van der Waals surface area contributed by atoms with Gasteiger partial charge in [-0.2, -0.15) is 0 Å². The number of carbonyl (C=O) groups is 2. The molecule has 11 nitrogen and oxygen atoms in total. The van der Waals surface area contributed by atoms with E-state index < -0.39 is 11.8 Å². The highest BCUT2D eigenvalue weighted by Crippen LogP contribution is 2.38. The van der Waals surface area contributed by atoms with Gasteiger partial charge in [-0.25, -0.2) is 4.99 Å². The van der Waals surface area contributed by atoms with Crippen molar-refractivity contribution in [1.82, 2.24) is 5.27 Å². The van der Waals surface area contributed by atoms with Crippen molar-refractivity contribution < 1.29 is 38.2 Å². The highest BCUT2D eigenvalue weighted by atomic mass is 32.2. The molecule has 174 valence electrons. The number of ether oxygens (including phenoxy) is 3. The van der Waals surface area contributed by atoms with Gasteiger partial charge in [0, 0.05) is 12.7 Å². The number of benzene rings is 1. The molecule has 12 heteroatoms. The Balaban J connectivity index is 2.12. The van der Waals surface area contributed by atoms with E-state index in [1.54, 1.807) is 19.1 Å². The van der Waals surface area contributed by atoms with Crippen LogP contribution in [0, 0.1) is 5.92 Å². The molecule has 0 aliphatic heterocycles. The number of likely N-dealkylation sites (N-methyl/N-ethyl adjacent to an activating group) is 1. The third-order valence-electron chi connectivity index (χ3n) is 4.37. The van der Waals surface area contributed by atoms with Crippen molar-refractivity contribution >= 4 is 34.6 Å². The molecule has 1 aromatic heterocycles. The van der Waals surface area contributed by atoms with Gasteiger partial charge < -0.3 is 19.3 Å². The monoisotopic (exact) mass is 466 g/mol. The van der Waals surface area contributed by atoms with Gasteiger partial charge >= 0.3 is 5.88 Å². The first-order valence-corrected chi connectivity index (χ1v) is 10.5. The fraction of sp³-hybridized carbons (Fsp3) is 0.450. The van der Waals surface area contributed by atoms with Crippen LogP contribution < -0.4 is 29.1 Å². The van der Waals surface area contributed by atoms with Gasteiger partial charge in [-0.1, -0.05) is 23.7 Å². The zero-order valence-corrected chi connectivity index (χ0v) is 19.6. The van der Waals surface area contributed by atoms with E-state index in [9.17, 15) is 14.7 Å². The molecule has 0 aliphatic rings. The van der Waals surface area contributed by atoms with Gasteiger partial charge in [0.05, 0.1) is 39.6 Å². The Bertz CT molecular complexity index is 967. The lowest BCUT2D eigenvalue weighted by Crippen LogP contribution is -2.59. The van der Waals surface area contributed by atoms with Crippen LogP contribution in [0.5, 0.6) is 17.2 Å². The van der Waals surface area contributed by atoms with Crippen LogP contribution in [0.15, 0.2) is 27.8 Å². The minimum absolute atomic E-state index is 0.0117. The summed E-state index contributed by atoms with van der Waals surface area (Å²) in [5.41, 5.74) is 0.636. The van der Waals surface area contributed by atoms with Crippen molar-refractivity contribution in [2.24, 2.45) is 10.9 Å². The fourth-order valence-electron chi connectivity index (χ4n) is 2.59. The van der Waals surface area contributed by atoms with Crippen LogP contribution in [0.2, 0.25) is 0 Å². The predicted molar refractivity (Wildman–Crippen MR) is 115 cm³/mol. The van der Waals surface area contributed by atoms with E-state index in [0.29, 0.717) is 28.6 Å². The number of nitrogens with zero attached hydrogens (tertiary/aromatic N) is 4. The molecule has 0 spiro atoms. The lowest BCUT2D eigenvalue weighted by Gasteiger charge is -2.16. The Morgan fingerprint density at radius 2 is 1.88 bits per heavy atom. The molecule has 0 bridgehead atoms. The summed E-state index contributed by atoms with van der Waals surface area (Å²) in [7, 11) is 5.98. The first-order valence-electron chi connectivity index (χ1n) is 9.53. The molecule has 1 aromatic carbocycles. The lowest BCUT2D eigenvalue weighted by atomic mass is 10.1. The smallest absolute Gasteiger partial charge is 0.324 e. The summed E-state index contributed by atoms with van der Waals surface area (Å²) >= 11 is 1.05. The fourth-order valence-corrected chi connectivity index (χ4v) is 3.22. The van der Waals surface area contributed by atoms with Crippen LogP contribution in [-0.4, -0.2) is 56.3 Å². The van der Waals surface area contributed by atoms with Gasteiger partial charge in [0.1, 0.15) is 0 Å². The number of hydrogen-bond donors (Lipinski definition) is 0. The standard InChI is InChI=1S/C20H26N4O7S/c1-12(11-32-13(2)25)20(27)21-17-10-24(22-31-17)23(3)18(26)9-14-7-15(28-4)19(30-6)16(8-14)29-5/h7-8,10,12H,9,11H2,1-6H3/t12-/m1/s1. The summed E-state index contributed by atoms with van der Waals surface area (Å²) < 4.78 is 20.9. The lowest BCUT2D eigenvalue weighted by molar-refractivity contribution is -0.746. The summed E-state index contributed by atoms with van der Waals surface area (Å²) in [6.07, 6.45) is 1.33. The number of rotatable bonds is 10. The number of hydrogen-bond acceptors (Lipinski definition) is 10. The molecule has 32 heavy (non-hydrogen) atoms. The Labute approximate surface area is 189 Å². The first kappa shape index (κ1) is 25.0. The number of methoxy groups -OCH3 is 3. The van der Waals surface area contributed by atoms with E-state index in [4.69, 9.17) is 18.7 Å². The molecule has 0 N–H and O–H groups in total. The average Bonchev–Trinajstić information content (AvgIpc) is 3.24. The van der Waals surface area contributed by atoms with Crippen LogP contribution in [0.1, 0.15) is 19.4 Å². The molecule has 0 saturated heterocycles. The molecule has 0 unspecified atom stereocenters. The SMILES string of the molecule is COc1cc(CC(=O)N(C)[n+]2cc(N=C([O-])[C@H](C)CSC(C)=O)on2)cc(OC)c1OC. The maximum Gasteiger partial charge on any atom is 0.324 e. The van der Waals surface area contributed by atoms with E-state index >= 15 is 0 Å². The Morgan fingerprint density at radius 1 is 1.25 bits per heavy atom. The Morgan fingerprint density at radius 3 is 2.41 bits per heavy atom. The number of amides is 1. The number of carbonyl (C=O) groups excluding carboxylic acids is 2. The maximum absolute atomic E-state index is 12.7. The van der Waals surface area contributed by atoms with Crippen molar-refractivity contribution in [2.45, 2.75) is 20.3 Å². The maximum atomic E-state index is 12.7. The molecule has 0 saturated carbocycles. The quantitative estimate of drug-likeness (QED) is 0.281. The van der Waals surface area contributed by atoms with Gasteiger partial charge in [-0.15, -0.1) is 0 Å². The predicted octanol–water partition coefficient (Wildman–Crippen LogP) is 0.631. The molecule has 2 rings (SSSR count). The van der Waals surface area contributed by atoms with Gasteiger partial charge in [0.25, 0.3) is 12.1 Å². The Hall–Kier alpha value is -3.28. The third kappa shape index (κ3) is 6.36. The van der Waals surface area contributed by atoms with Crippen LogP contribution in [0.3, 0.4) is 0 Å². The zero-order chi connectivity index (χ0) is 23.8. The zero-order valence-electron chi connectivity index (χ0n) is 18.8. The molecule has 1 heterocycles. The second-order valence-corrected chi connectivity index (χ2v) is 7.94. The van der Waals surface area contributed by atoms with Crippen LogP contribution in [-0.2, 0) is 16.0 Å².